The molecule has 0 unspecified atom stereocenters. The molecular weight excluding hydrogens is 1460 g/mol. The van der Waals surface area contributed by atoms with E-state index in [1.807, 2.05) is 75.9 Å². The maximum absolute atomic E-state index is 13.7. The number of methoxy groups -OCH3 is 1. The van der Waals surface area contributed by atoms with Gasteiger partial charge in [-0.05, 0) is 97.0 Å². The maximum atomic E-state index is 13.7. The second-order valence-electron chi connectivity index (χ2n) is 28.7. The van der Waals surface area contributed by atoms with Crippen LogP contribution in [-0.4, -0.2) is 270 Å². The van der Waals surface area contributed by atoms with Crippen molar-refractivity contribution in [1.29, 1.82) is 0 Å². The molecule has 6 aliphatic rings. The maximum Gasteiger partial charge on any atom is 0.260 e. The topological polar surface area (TPSA) is 315 Å². The number of amides is 7. The molecule has 0 radical (unpaired) electrons. The highest BCUT2D eigenvalue weighted by Crippen LogP contribution is 2.41. The molecule has 1 fully saturated rings. The number of aryl methyl sites for hydroxylation is 1. The zero-order valence-corrected chi connectivity index (χ0v) is 67.3. The molecule has 1 saturated heterocycles. The van der Waals surface area contributed by atoms with Crippen LogP contribution in [0.4, 0.5) is 22.7 Å². The normalized spacial score (nSPS) is 16.8. The monoisotopic (exact) mass is 1580 g/mol. The predicted molar refractivity (Wildman–Crippen MR) is 433 cm³/mol. The summed E-state index contributed by atoms with van der Waals surface area (Å²) >= 11 is 0. The number of likely N-dealkylation sites (N-methyl/N-ethyl adjacent to an activating group) is 1. The van der Waals surface area contributed by atoms with Crippen LogP contribution in [0.3, 0.4) is 0 Å². The SMILES string of the molecule is CCCCOc1cc2c(cc1C)C(=O)N1C=C(c3ccc(NC(=O)[C@H](C)CC(=O)[C@@H](NC(=O)CCOCCOCCOCCOCCOCCOCCOCCOCCNC(=O)CCN4C(=O)C=CC4=O)C(C)C)cc3)C[C@H]1C=N2.CCCOc1cc2c(cc1OC)C(=O)N1C=C(c3ccc(N4CCN(C)CC4)cc3)C[C@H]1C=N2. The number of carbonyl (C=O) groups is 8. The number of piperazine rings is 1. The van der Waals surface area contributed by atoms with Crippen LogP contribution in [0.25, 0.3) is 11.1 Å². The van der Waals surface area contributed by atoms with Crippen molar-refractivity contribution in [3.8, 4) is 17.2 Å². The number of fused-ring (bicyclic) bond motifs is 4. The van der Waals surface area contributed by atoms with Gasteiger partial charge in [-0.1, -0.05) is 65.3 Å². The van der Waals surface area contributed by atoms with Crippen molar-refractivity contribution in [2.45, 2.75) is 111 Å². The number of Topliss-reactive ketones (excluding diaryl/α,β-unsaturated/α-hetero) is 1. The van der Waals surface area contributed by atoms with Crippen LogP contribution < -0.4 is 35.1 Å². The van der Waals surface area contributed by atoms with Crippen LogP contribution in [-0.2, 0) is 66.7 Å². The lowest BCUT2D eigenvalue weighted by Crippen LogP contribution is -2.45. The van der Waals surface area contributed by atoms with E-state index in [1.54, 1.807) is 42.0 Å². The molecule has 114 heavy (non-hydrogen) atoms. The third-order valence-corrected chi connectivity index (χ3v) is 19.7. The van der Waals surface area contributed by atoms with Gasteiger partial charge < -0.3 is 87.7 Å². The summed E-state index contributed by atoms with van der Waals surface area (Å²) in [6.45, 7) is 23.2. The second-order valence-corrected chi connectivity index (χ2v) is 28.7. The molecule has 618 valence electrons. The molecule has 0 spiro atoms. The van der Waals surface area contributed by atoms with Crippen molar-refractivity contribution in [3.63, 3.8) is 0 Å². The first-order valence-electron chi connectivity index (χ1n) is 39.8. The minimum absolute atomic E-state index is 0.0346. The summed E-state index contributed by atoms with van der Waals surface area (Å²) in [6, 6.07) is 22.3. The smallest absolute Gasteiger partial charge is 0.260 e. The lowest BCUT2D eigenvalue weighted by Gasteiger charge is -2.34. The van der Waals surface area contributed by atoms with Gasteiger partial charge in [0.2, 0.25) is 17.7 Å². The number of rotatable bonds is 48. The van der Waals surface area contributed by atoms with E-state index in [9.17, 15) is 38.4 Å². The Morgan fingerprint density at radius 1 is 0.544 bits per heavy atom. The molecule has 29 nitrogen and oxygen atoms in total. The number of carbonyl (C=O) groups excluding carboxylic acids is 8. The van der Waals surface area contributed by atoms with E-state index in [0.29, 0.717) is 158 Å². The summed E-state index contributed by atoms with van der Waals surface area (Å²) < 4.78 is 61.2. The fraction of sp³-hybridized carbons (Fsp3) is 0.529. The molecule has 4 aromatic carbocycles. The van der Waals surface area contributed by atoms with Gasteiger partial charge in [0, 0.05) is 138 Å². The van der Waals surface area contributed by atoms with Gasteiger partial charge in [0.1, 0.15) is 5.75 Å². The fourth-order valence-electron chi connectivity index (χ4n) is 13.1. The molecule has 0 aromatic heterocycles. The minimum atomic E-state index is -0.757. The lowest BCUT2D eigenvalue weighted by atomic mass is 9.92. The van der Waals surface area contributed by atoms with Gasteiger partial charge in [0.25, 0.3) is 23.6 Å². The molecule has 7 amide bonds. The van der Waals surface area contributed by atoms with E-state index in [1.165, 1.54) is 17.8 Å². The van der Waals surface area contributed by atoms with E-state index in [-0.39, 0.29) is 92.3 Å². The van der Waals surface area contributed by atoms with Crippen molar-refractivity contribution >= 4 is 93.5 Å². The van der Waals surface area contributed by atoms with E-state index in [0.717, 1.165) is 90.3 Å². The average molecular weight is 1580 g/mol. The molecule has 29 heteroatoms. The number of benzene rings is 4. The summed E-state index contributed by atoms with van der Waals surface area (Å²) in [6.07, 6.45) is 14.2. The van der Waals surface area contributed by atoms with E-state index >= 15 is 0 Å². The highest BCUT2D eigenvalue weighted by atomic mass is 16.6. The van der Waals surface area contributed by atoms with Crippen LogP contribution in [0, 0.1) is 18.8 Å². The van der Waals surface area contributed by atoms with Gasteiger partial charge in [-0.3, -0.25) is 53.2 Å². The fourth-order valence-corrected chi connectivity index (χ4v) is 13.1. The Hall–Kier alpha value is -9.56. The first-order chi connectivity index (χ1) is 55.3. The van der Waals surface area contributed by atoms with Crippen LogP contribution in [0.2, 0.25) is 0 Å². The zero-order valence-electron chi connectivity index (χ0n) is 67.3. The highest BCUT2D eigenvalue weighted by Gasteiger charge is 2.36. The number of imide groups is 1. The van der Waals surface area contributed by atoms with Gasteiger partial charge in [0.05, 0.1) is 167 Å². The van der Waals surface area contributed by atoms with Crippen LogP contribution >= 0.6 is 0 Å². The lowest BCUT2D eigenvalue weighted by molar-refractivity contribution is -0.137. The zero-order chi connectivity index (χ0) is 81.1. The number of hydrogen-bond acceptors (Lipinski definition) is 23. The van der Waals surface area contributed by atoms with E-state index in [4.69, 9.17) is 57.1 Å². The number of unbranched alkanes of at least 4 members (excludes halogenated alkanes) is 1. The van der Waals surface area contributed by atoms with E-state index < -0.39 is 23.8 Å². The molecule has 4 aromatic rings. The van der Waals surface area contributed by atoms with Crippen molar-refractivity contribution in [3.05, 3.63) is 125 Å². The van der Waals surface area contributed by atoms with Gasteiger partial charge in [0.15, 0.2) is 17.3 Å². The number of ether oxygens (including phenoxy) is 11. The Bertz CT molecular complexity index is 3990. The van der Waals surface area contributed by atoms with Crippen molar-refractivity contribution in [2.24, 2.45) is 21.8 Å². The molecule has 0 saturated carbocycles. The highest BCUT2D eigenvalue weighted by molar-refractivity contribution is 6.13. The van der Waals surface area contributed by atoms with Crippen molar-refractivity contribution in [1.82, 2.24) is 30.2 Å². The molecule has 0 bridgehead atoms. The summed E-state index contributed by atoms with van der Waals surface area (Å²) in [7, 11) is 3.76. The molecular formula is C85H114N10O19. The van der Waals surface area contributed by atoms with E-state index in [2.05, 4.69) is 75.9 Å². The minimum Gasteiger partial charge on any atom is -0.493 e. The Morgan fingerprint density at radius 2 is 1.04 bits per heavy atom. The molecule has 6 aliphatic heterocycles. The number of anilines is 2. The molecule has 10 rings (SSSR count). The molecule has 4 atom stereocenters. The van der Waals surface area contributed by atoms with Crippen molar-refractivity contribution in [2.75, 3.05) is 183 Å². The number of nitrogens with zero attached hydrogens (tertiary/aromatic N) is 7. The van der Waals surface area contributed by atoms with Crippen LogP contribution in [0.5, 0.6) is 17.2 Å². The van der Waals surface area contributed by atoms with Gasteiger partial charge in [-0.25, -0.2) is 0 Å². The third kappa shape index (κ3) is 27.0. The number of hydrogen-bond donors (Lipinski definition) is 3. The first kappa shape index (κ1) is 88.4. The summed E-state index contributed by atoms with van der Waals surface area (Å²) in [5, 5.41) is 8.41. The average Bonchev–Trinajstić information content (AvgIpc) is 1.64. The number of ketones is 1. The van der Waals surface area contributed by atoms with Crippen molar-refractivity contribution < 1.29 is 90.5 Å². The first-order valence-corrected chi connectivity index (χ1v) is 39.8. The molecule has 6 heterocycles. The number of nitrogens with one attached hydrogen (secondary N) is 3. The Labute approximate surface area is 669 Å². The Kier molecular flexibility index (Phi) is 36.2. The van der Waals surface area contributed by atoms with Crippen LogP contribution in [0.1, 0.15) is 123 Å². The molecule has 3 N–H and O–H groups in total. The molecule has 0 aliphatic carbocycles. The van der Waals surface area contributed by atoms with Gasteiger partial charge >= 0.3 is 0 Å². The standard InChI is InChI=1S/C58H82N6O16.C27H32N4O3/c1-6-7-18-80-51-38-49-48(35-42(51)4)58(71)64-40-45(37-47(64)39-60-49)44-8-10-46(11-9-44)61-57(70)43(5)36-50(65)56(41(2)3)62-53(67)15-19-72-21-23-74-25-27-76-29-31-78-33-34-79-32-30-77-28-26-75-24-22-73-20-16-59-52(66)14-17-63-54(68)12-13-55(63)69;1-4-13-34-26-16-24-23(15-25(26)33-3)27(32)31-18-20(14-22(31)17-28-24)19-5-7-21(8-6-19)30-11-9-29(2)10-12-30/h8-13,35,38-41,43,47,56H,6-7,14-34,36-37H2,1-5H3,(H,59,66)(H,61,70)(H,62,67);5-8,15-18,22H,4,9-14H2,1-3H3/t43-,47+,56+;22-/m10/s1. The summed E-state index contributed by atoms with van der Waals surface area (Å²) in [4.78, 5) is 120. The largest absolute Gasteiger partial charge is 0.493 e. The van der Waals surface area contributed by atoms with Crippen LogP contribution in [0.15, 0.2) is 107 Å². The summed E-state index contributed by atoms with van der Waals surface area (Å²) in [5.74, 6) is -1.07. The number of aliphatic imine (C=N–C) groups is 2. The third-order valence-electron chi connectivity index (χ3n) is 19.7. The van der Waals surface area contributed by atoms with Gasteiger partial charge in [-0.15, -0.1) is 0 Å². The Balaban J connectivity index is 0.000000359. The quantitative estimate of drug-likeness (QED) is 0.0274. The Morgan fingerprint density at radius 3 is 1.54 bits per heavy atom. The second kappa shape index (κ2) is 46.7. The van der Waals surface area contributed by atoms with Gasteiger partial charge in [-0.2, -0.15) is 0 Å². The summed E-state index contributed by atoms with van der Waals surface area (Å²) in [5.41, 5.74) is 9.19. The predicted octanol–water partition coefficient (Wildman–Crippen LogP) is 8.98.